The number of methoxy groups -OCH3 is 1. The van der Waals surface area contributed by atoms with E-state index in [-0.39, 0.29) is 11.4 Å². The van der Waals surface area contributed by atoms with Crippen molar-refractivity contribution >= 4 is 28.3 Å². The SMILES string of the molecule is COc1cc(N/C=C(\C#N)c2nc(-c3ccc(C)cc3C)cs2)c(C)cc1[N+](=O)[O-]. The first-order valence-corrected chi connectivity index (χ1v) is 9.95. The fourth-order valence-corrected chi connectivity index (χ4v) is 3.83. The van der Waals surface area contributed by atoms with Gasteiger partial charge in [-0.1, -0.05) is 23.8 Å². The van der Waals surface area contributed by atoms with Gasteiger partial charge in [0, 0.05) is 35.0 Å². The van der Waals surface area contributed by atoms with Crippen LogP contribution in [0.25, 0.3) is 16.8 Å². The molecule has 0 aliphatic rings. The van der Waals surface area contributed by atoms with Gasteiger partial charge in [0.25, 0.3) is 0 Å². The first kappa shape index (κ1) is 21.0. The van der Waals surface area contributed by atoms with E-state index in [1.807, 2.05) is 31.4 Å². The van der Waals surface area contributed by atoms with Crippen molar-refractivity contribution < 1.29 is 9.66 Å². The quantitative estimate of drug-likeness (QED) is 0.315. The Morgan fingerprint density at radius 2 is 2.03 bits per heavy atom. The van der Waals surface area contributed by atoms with Crippen molar-refractivity contribution in [1.82, 2.24) is 4.98 Å². The molecule has 0 atom stereocenters. The van der Waals surface area contributed by atoms with Gasteiger partial charge in [-0.3, -0.25) is 10.1 Å². The largest absolute Gasteiger partial charge is 0.490 e. The van der Waals surface area contributed by atoms with E-state index in [4.69, 9.17) is 4.74 Å². The molecule has 3 rings (SSSR count). The van der Waals surface area contributed by atoms with E-state index in [1.165, 1.54) is 30.1 Å². The molecule has 7 nitrogen and oxygen atoms in total. The van der Waals surface area contributed by atoms with Crippen molar-refractivity contribution in [3.05, 3.63) is 73.7 Å². The Bertz CT molecular complexity index is 1190. The van der Waals surface area contributed by atoms with Crippen LogP contribution >= 0.6 is 11.3 Å². The summed E-state index contributed by atoms with van der Waals surface area (Å²) in [6.07, 6.45) is 1.55. The van der Waals surface area contributed by atoms with Crippen LogP contribution in [0.4, 0.5) is 11.4 Å². The van der Waals surface area contributed by atoms with Gasteiger partial charge in [0.05, 0.1) is 17.7 Å². The lowest BCUT2D eigenvalue weighted by Gasteiger charge is -2.09. The molecular weight excluding hydrogens is 400 g/mol. The van der Waals surface area contributed by atoms with Gasteiger partial charge < -0.3 is 10.1 Å². The third kappa shape index (κ3) is 4.31. The zero-order chi connectivity index (χ0) is 21.8. The number of thiazole rings is 1. The Morgan fingerprint density at radius 1 is 1.27 bits per heavy atom. The lowest BCUT2D eigenvalue weighted by Crippen LogP contribution is -1.99. The predicted molar refractivity (Wildman–Crippen MR) is 119 cm³/mol. The van der Waals surface area contributed by atoms with E-state index >= 15 is 0 Å². The van der Waals surface area contributed by atoms with E-state index in [9.17, 15) is 15.4 Å². The highest BCUT2D eigenvalue weighted by atomic mass is 32.1. The number of ether oxygens (including phenoxy) is 1. The number of nitrogens with one attached hydrogen (secondary N) is 1. The number of aryl methyl sites for hydroxylation is 3. The topological polar surface area (TPSA) is 101 Å². The highest BCUT2D eigenvalue weighted by Crippen LogP contribution is 2.33. The molecule has 0 aliphatic carbocycles. The fraction of sp³-hybridized carbons (Fsp3) is 0.182. The van der Waals surface area contributed by atoms with E-state index in [0.29, 0.717) is 21.8 Å². The number of nitrogens with zero attached hydrogens (tertiary/aromatic N) is 3. The number of anilines is 1. The van der Waals surface area contributed by atoms with Gasteiger partial charge in [-0.25, -0.2) is 4.98 Å². The van der Waals surface area contributed by atoms with Gasteiger partial charge in [-0.15, -0.1) is 11.3 Å². The molecule has 0 aliphatic heterocycles. The normalized spacial score (nSPS) is 11.1. The van der Waals surface area contributed by atoms with Crippen LogP contribution in [0.1, 0.15) is 21.7 Å². The van der Waals surface area contributed by atoms with Crippen molar-refractivity contribution in [2.45, 2.75) is 20.8 Å². The average molecular weight is 420 g/mol. The van der Waals surface area contributed by atoms with E-state index in [1.54, 1.807) is 19.2 Å². The van der Waals surface area contributed by atoms with Gasteiger partial charge in [0.1, 0.15) is 16.6 Å². The Kier molecular flexibility index (Phi) is 6.14. The summed E-state index contributed by atoms with van der Waals surface area (Å²) in [5, 5.41) is 26.3. The first-order valence-electron chi connectivity index (χ1n) is 9.07. The molecule has 0 fully saturated rings. The second-order valence-electron chi connectivity index (χ2n) is 6.77. The molecule has 0 unspecified atom stereocenters. The second-order valence-corrected chi connectivity index (χ2v) is 7.62. The second kappa shape index (κ2) is 8.76. The lowest BCUT2D eigenvalue weighted by atomic mass is 10.0. The van der Waals surface area contributed by atoms with Crippen molar-refractivity contribution in [2.24, 2.45) is 0 Å². The number of benzene rings is 2. The van der Waals surface area contributed by atoms with Crippen molar-refractivity contribution in [3.8, 4) is 23.1 Å². The Hall–Kier alpha value is -3.70. The maximum Gasteiger partial charge on any atom is 0.311 e. The number of rotatable bonds is 6. The van der Waals surface area contributed by atoms with Gasteiger partial charge in [0.15, 0.2) is 5.75 Å². The highest BCUT2D eigenvalue weighted by Gasteiger charge is 2.17. The first-order chi connectivity index (χ1) is 14.3. The number of aromatic nitrogens is 1. The Balaban J connectivity index is 1.90. The summed E-state index contributed by atoms with van der Waals surface area (Å²) in [6, 6.07) is 11.3. The molecule has 2 aromatic carbocycles. The van der Waals surface area contributed by atoms with Crippen LogP contribution in [0.3, 0.4) is 0 Å². The predicted octanol–water partition coefficient (Wildman–Crippen LogP) is 5.63. The summed E-state index contributed by atoms with van der Waals surface area (Å²) in [6.45, 7) is 5.83. The van der Waals surface area contributed by atoms with E-state index < -0.39 is 4.92 Å². The molecule has 0 bridgehead atoms. The Labute approximate surface area is 178 Å². The monoisotopic (exact) mass is 420 g/mol. The molecule has 8 heteroatoms. The molecule has 1 N–H and O–H groups in total. The third-order valence-corrected chi connectivity index (χ3v) is 5.48. The average Bonchev–Trinajstić information content (AvgIpc) is 3.18. The van der Waals surface area contributed by atoms with Gasteiger partial charge in [-0.05, 0) is 31.9 Å². The minimum Gasteiger partial charge on any atom is -0.490 e. The number of nitriles is 1. The number of hydrogen-bond donors (Lipinski definition) is 1. The van der Waals surface area contributed by atoms with Crippen molar-refractivity contribution in [2.75, 3.05) is 12.4 Å². The van der Waals surface area contributed by atoms with Crippen LogP contribution < -0.4 is 10.1 Å². The molecule has 1 aromatic heterocycles. The number of nitro groups is 1. The molecule has 0 spiro atoms. The van der Waals surface area contributed by atoms with Gasteiger partial charge >= 0.3 is 5.69 Å². The number of nitro benzene ring substituents is 1. The van der Waals surface area contributed by atoms with E-state index in [2.05, 4.69) is 22.4 Å². The zero-order valence-electron chi connectivity index (χ0n) is 17.0. The van der Waals surface area contributed by atoms with Crippen LogP contribution in [-0.4, -0.2) is 17.0 Å². The van der Waals surface area contributed by atoms with Crippen LogP contribution in [0.15, 0.2) is 41.9 Å². The van der Waals surface area contributed by atoms with Crippen LogP contribution in [0.5, 0.6) is 5.75 Å². The fourth-order valence-electron chi connectivity index (χ4n) is 3.05. The molecule has 0 amide bonds. The molecule has 0 saturated carbocycles. The van der Waals surface area contributed by atoms with Gasteiger partial charge in [-0.2, -0.15) is 5.26 Å². The summed E-state index contributed by atoms with van der Waals surface area (Å²) in [5.74, 6) is 0.145. The minimum absolute atomic E-state index is 0.108. The van der Waals surface area contributed by atoms with Crippen LogP contribution in [0.2, 0.25) is 0 Å². The molecule has 30 heavy (non-hydrogen) atoms. The van der Waals surface area contributed by atoms with Crippen molar-refractivity contribution in [1.29, 1.82) is 5.26 Å². The molecule has 0 radical (unpaired) electrons. The summed E-state index contributed by atoms with van der Waals surface area (Å²) in [5.41, 5.74) is 5.69. The van der Waals surface area contributed by atoms with Crippen molar-refractivity contribution in [3.63, 3.8) is 0 Å². The van der Waals surface area contributed by atoms with Gasteiger partial charge in [0.2, 0.25) is 0 Å². The third-order valence-electron chi connectivity index (χ3n) is 4.61. The summed E-state index contributed by atoms with van der Waals surface area (Å²) in [7, 11) is 1.38. The molecule has 1 heterocycles. The molecule has 152 valence electrons. The zero-order valence-corrected chi connectivity index (χ0v) is 17.8. The van der Waals surface area contributed by atoms with Crippen LogP contribution in [-0.2, 0) is 0 Å². The minimum atomic E-state index is -0.490. The van der Waals surface area contributed by atoms with Crippen LogP contribution in [0, 0.1) is 42.2 Å². The summed E-state index contributed by atoms with van der Waals surface area (Å²) in [4.78, 5) is 15.3. The highest BCUT2D eigenvalue weighted by molar-refractivity contribution is 7.11. The summed E-state index contributed by atoms with van der Waals surface area (Å²) < 4.78 is 5.11. The standard InChI is InChI=1S/C22H20N4O3S/c1-13-5-6-17(14(2)7-13)19-12-30-22(25-19)16(10-23)11-24-18-9-21(29-4)20(26(27)28)8-15(18)3/h5-9,11-12,24H,1-4H3/b16-11+. The summed E-state index contributed by atoms with van der Waals surface area (Å²) >= 11 is 1.39. The lowest BCUT2D eigenvalue weighted by molar-refractivity contribution is -0.385. The maximum absolute atomic E-state index is 11.1. The smallest absolute Gasteiger partial charge is 0.311 e. The molecule has 0 saturated heterocycles. The Morgan fingerprint density at radius 3 is 2.67 bits per heavy atom. The molecular formula is C22H20N4O3S. The van der Waals surface area contributed by atoms with E-state index in [0.717, 1.165) is 16.8 Å². The number of allylic oxidation sites excluding steroid dienone is 1. The molecule has 3 aromatic rings. The maximum atomic E-state index is 11.1. The number of hydrogen-bond acceptors (Lipinski definition) is 7.